The summed E-state index contributed by atoms with van der Waals surface area (Å²) < 4.78 is 30.2. The molecule has 0 aliphatic rings. The number of nitrogens with one attached hydrogen (secondary N) is 3. The summed E-state index contributed by atoms with van der Waals surface area (Å²) in [6, 6.07) is 8.67. The van der Waals surface area contributed by atoms with Gasteiger partial charge in [0.05, 0.1) is 19.8 Å². The summed E-state index contributed by atoms with van der Waals surface area (Å²) in [5.74, 6) is -0.408. The molecule has 0 atom stereocenters. The molecule has 3 rings (SSSR count). The van der Waals surface area contributed by atoms with Crippen molar-refractivity contribution in [3.63, 3.8) is 0 Å². The molecular weight excluding hydrogens is 405 g/mol. The highest BCUT2D eigenvalue weighted by molar-refractivity contribution is 6.01. The first kappa shape index (κ1) is 21.9. The van der Waals surface area contributed by atoms with E-state index in [4.69, 9.17) is 14.2 Å². The quantitative estimate of drug-likeness (QED) is 0.475. The summed E-state index contributed by atoms with van der Waals surface area (Å²) in [7, 11) is 0. The van der Waals surface area contributed by atoms with Gasteiger partial charge >= 0.3 is 0 Å². The number of carbonyl (C=O) groups is 2. The van der Waals surface area contributed by atoms with Crippen LogP contribution in [-0.4, -0.2) is 36.6 Å². The van der Waals surface area contributed by atoms with Gasteiger partial charge in [-0.15, -0.1) is 0 Å². The van der Waals surface area contributed by atoms with Gasteiger partial charge in [-0.2, -0.15) is 0 Å². The zero-order valence-corrected chi connectivity index (χ0v) is 17.5. The van der Waals surface area contributed by atoms with Crippen LogP contribution in [0.4, 0.5) is 4.39 Å². The highest BCUT2D eigenvalue weighted by Crippen LogP contribution is 2.39. The van der Waals surface area contributed by atoms with Crippen LogP contribution in [0.15, 0.2) is 36.4 Å². The van der Waals surface area contributed by atoms with Crippen molar-refractivity contribution < 1.29 is 28.2 Å². The number of benzene rings is 2. The van der Waals surface area contributed by atoms with Gasteiger partial charge in [-0.1, -0.05) is 0 Å². The number of fused-ring (bicyclic) bond motifs is 1. The summed E-state index contributed by atoms with van der Waals surface area (Å²) in [6.45, 7) is 6.60. The first-order chi connectivity index (χ1) is 15.0. The molecule has 0 bridgehead atoms. The number of hydrogen-bond donors (Lipinski definition) is 3. The molecule has 3 aromatic rings. The second kappa shape index (κ2) is 9.84. The van der Waals surface area contributed by atoms with Crippen molar-refractivity contribution in [3.8, 4) is 17.2 Å². The summed E-state index contributed by atoms with van der Waals surface area (Å²) in [5, 5.41) is 0.547. The number of ether oxygens (including phenoxy) is 3. The first-order valence-corrected chi connectivity index (χ1v) is 9.92. The van der Waals surface area contributed by atoms with Crippen molar-refractivity contribution in [2.45, 2.75) is 20.8 Å². The molecule has 0 saturated heterocycles. The third-order valence-corrected chi connectivity index (χ3v) is 4.29. The van der Waals surface area contributed by atoms with Crippen LogP contribution in [0.2, 0.25) is 0 Å². The summed E-state index contributed by atoms with van der Waals surface area (Å²) in [4.78, 5) is 27.9. The minimum Gasteiger partial charge on any atom is -0.490 e. The number of aromatic amines is 1. The van der Waals surface area contributed by atoms with Gasteiger partial charge in [0.1, 0.15) is 11.5 Å². The third-order valence-electron chi connectivity index (χ3n) is 4.29. The monoisotopic (exact) mass is 429 g/mol. The molecule has 1 heterocycles. The smallest absolute Gasteiger partial charge is 0.286 e. The molecule has 0 aliphatic heterocycles. The normalized spacial score (nSPS) is 10.6. The number of H-pyrrole nitrogens is 1. The highest BCUT2D eigenvalue weighted by Gasteiger charge is 2.19. The Morgan fingerprint density at radius 3 is 2.10 bits per heavy atom. The lowest BCUT2D eigenvalue weighted by molar-refractivity contribution is 0.0844. The van der Waals surface area contributed by atoms with Gasteiger partial charge in [0.15, 0.2) is 11.5 Å². The van der Waals surface area contributed by atoms with Gasteiger partial charge < -0.3 is 19.2 Å². The fourth-order valence-corrected chi connectivity index (χ4v) is 3.00. The Morgan fingerprint density at radius 2 is 1.48 bits per heavy atom. The largest absolute Gasteiger partial charge is 0.490 e. The number of hydrogen-bond acceptors (Lipinski definition) is 5. The van der Waals surface area contributed by atoms with E-state index in [1.807, 2.05) is 20.8 Å². The minimum absolute atomic E-state index is 0.178. The summed E-state index contributed by atoms with van der Waals surface area (Å²) in [6.07, 6.45) is 0. The van der Waals surface area contributed by atoms with Gasteiger partial charge in [-0.05, 0) is 57.2 Å². The molecular formula is C22H24FN3O5. The van der Waals surface area contributed by atoms with Gasteiger partial charge in [0, 0.05) is 16.5 Å². The Morgan fingerprint density at radius 1 is 0.871 bits per heavy atom. The van der Waals surface area contributed by atoms with Crippen LogP contribution in [0.25, 0.3) is 10.9 Å². The van der Waals surface area contributed by atoms with Crippen LogP contribution in [0, 0.1) is 5.82 Å². The fourth-order valence-electron chi connectivity index (χ4n) is 3.00. The molecule has 2 aromatic carbocycles. The molecule has 8 nitrogen and oxygen atoms in total. The average Bonchev–Trinajstić information content (AvgIpc) is 3.17. The lowest BCUT2D eigenvalue weighted by Gasteiger charge is -2.17. The van der Waals surface area contributed by atoms with Crippen molar-refractivity contribution in [2.24, 2.45) is 0 Å². The predicted molar refractivity (Wildman–Crippen MR) is 113 cm³/mol. The van der Waals surface area contributed by atoms with Crippen molar-refractivity contribution in [1.82, 2.24) is 15.8 Å². The van der Waals surface area contributed by atoms with Crippen LogP contribution in [-0.2, 0) is 0 Å². The molecule has 31 heavy (non-hydrogen) atoms. The second-order valence-corrected chi connectivity index (χ2v) is 6.42. The van der Waals surface area contributed by atoms with Crippen LogP contribution < -0.4 is 25.1 Å². The lowest BCUT2D eigenvalue weighted by Crippen LogP contribution is -2.41. The standard InChI is InChI=1S/C22H24FN3O5/c1-4-29-18-11-14(12-19(30-5-2)20(18)31-6-3)21(27)25-26-22(28)17-10-13-9-15(23)7-8-16(13)24-17/h7-12,24H,4-6H2,1-3H3,(H,25,27)(H,26,28). The SMILES string of the molecule is CCOc1cc(C(=O)NNC(=O)c2cc3cc(F)ccc3[nH]2)cc(OCC)c1OCC. The molecule has 1 aromatic heterocycles. The van der Waals surface area contributed by atoms with E-state index in [2.05, 4.69) is 15.8 Å². The molecule has 0 spiro atoms. The Bertz CT molecular complexity index is 1070. The van der Waals surface area contributed by atoms with E-state index < -0.39 is 17.6 Å². The number of aromatic nitrogens is 1. The molecule has 9 heteroatoms. The van der Waals surface area contributed by atoms with Gasteiger partial charge in [-0.25, -0.2) is 4.39 Å². The Balaban J connectivity index is 1.77. The van der Waals surface area contributed by atoms with E-state index in [0.29, 0.717) is 48.0 Å². The Kier molecular flexibility index (Phi) is 6.96. The van der Waals surface area contributed by atoms with Crippen LogP contribution in [0.3, 0.4) is 0 Å². The predicted octanol–water partition coefficient (Wildman–Crippen LogP) is 3.58. The maximum Gasteiger partial charge on any atom is 0.286 e. The van der Waals surface area contributed by atoms with Crippen molar-refractivity contribution in [1.29, 1.82) is 0 Å². The Labute approximate surface area is 178 Å². The zero-order valence-electron chi connectivity index (χ0n) is 17.5. The molecule has 0 fully saturated rings. The second-order valence-electron chi connectivity index (χ2n) is 6.42. The number of carbonyl (C=O) groups excluding carboxylic acids is 2. The van der Waals surface area contributed by atoms with Crippen molar-refractivity contribution >= 4 is 22.7 Å². The summed E-state index contributed by atoms with van der Waals surface area (Å²) >= 11 is 0. The molecule has 0 saturated carbocycles. The van der Waals surface area contributed by atoms with E-state index in [1.165, 1.54) is 36.4 Å². The van der Waals surface area contributed by atoms with E-state index in [9.17, 15) is 14.0 Å². The topological polar surface area (TPSA) is 102 Å². The molecule has 3 N–H and O–H groups in total. The number of amides is 2. The van der Waals surface area contributed by atoms with E-state index in [-0.39, 0.29) is 11.3 Å². The number of halogens is 1. The molecule has 164 valence electrons. The third kappa shape index (κ3) is 5.06. The van der Waals surface area contributed by atoms with Crippen LogP contribution >= 0.6 is 0 Å². The summed E-state index contributed by atoms with van der Waals surface area (Å²) in [5.41, 5.74) is 5.70. The van der Waals surface area contributed by atoms with Crippen molar-refractivity contribution in [2.75, 3.05) is 19.8 Å². The highest BCUT2D eigenvalue weighted by atomic mass is 19.1. The van der Waals surface area contributed by atoms with E-state index in [1.54, 1.807) is 0 Å². The van der Waals surface area contributed by atoms with E-state index >= 15 is 0 Å². The zero-order chi connectivity index (χ0) is 22.4. The maximum absolute atomic E-state index is 13.3. The fraction of sp³-hybridized carbons (Fsp3) is 0.273. The van der Waals surface area contributed by atoms with Crippen LogP contribution in [0.5, 0.6) is 17.2 Å². The molecule has 0 unspecified atom stereocenters. The minimum atomic E-state index is -0.578. The van der Waals surface area contributed by atoms with Gasteiger partial charge in [0.25, 0.3) is 11.8 Å². The average molecular weight is 429 g/mol. The molecule has 2 amide bonds. The molecule has 0 radical (unpaired) electrons. The molecule has 0 aliphatic carbocycles. The number of rotatable bonds is 8. The maximum atomic E-state index is 13.3. The van der Waals surface area contributed by atoms with E-state index in [0.717, 1.165) is 0 Å². The van der Waals surface area contributed by atoms with Gasteiger partial charge in [-0.3, -0.25) is 20.4 Å². The first-order valence-electron chi connectivity index (χ1n) is 9.92. The number of hydrazine groups is 1. The van der Waals surface area contributed by atoms with Gasteiger partial charge in [0.2, 0.25) is 5.75 Å². The van der Waals surface area contributed by atoms with Crippen LogP contribution in [0.1, 0.15) is 41.6 Å². The Hall–Kier alpha value is -3.75. The van der Waals surface area contributed by atoms with Crippen molar-refractivity contribution in [3.05, 3.63) is 53.5 Å². The lowest BCUT2D eigenvalue weighted by atomic mass is 10.1.